The van der Waals surface area contributed by atoms with Gasteiger partial charge in [0.15, 0.2) is 5.78 Å². The van der Waals surface area contributed by atoms with Crippen LogP contribution in [0.2, 0.25) is 0 Å². The first kappa shape index (κ1) is 12.6. The Kier molecular flexibility index (Phi) is 2.81. The molecule has 0 aromatic carbocycles. The quantitative estimate of drug-likeness (QED) is 0.681. The summed E-state index contributed by atoms with van der Waals surface area (Å²) in [6.45, 7) is 8.28. The van der Waals surface area contributed by atoms with Crippen LogP contribution in [0.15, 0.2) is 0 Å². The van der Waals surface area contributed by atoms with Crippen molar-refractivity contribution in [3.63, 3.8) is 0 Å². The summed E-state index contributed by atoms with van der Waals surface area (Å²) in [6.07, 6.45) is 0.988. The Morgan fingerprint density at radius 1 is 1.24 bits per heavy atom. The van der Waals surface area contributed by atoms with Crippen LogP contribution in [-0.2, 0) is 9.59 Å². The number of Topliss-reactive ketones (excluding diaryl/α,β-unsaturated/α-hetero) is 1. The van der Waals surface area contributed by atoms with Crippen molar-refractivity contribution in [2.75, 3.05) is 13.6 Å². The number of fused-ring (bicyclic) bond motifs is 1. The Labute approximate surface area is 103 Å². The van der Waals surface area contributed by atoms with Gasteiger partial charge in [-0.1, -0.05) is 0 Å². The van der Waals surface area contributed by atoms with Crippen molar-refractivity contribution in [1.82, 2.24) is 9.80 Å². The molecule has 0 saturated carbocycles. The smallest absolute Gasteiger partial charge is 0.220 e. The predicted octanol–water partition coefficient (Wildman–Crippen LogP) is 0.905. The zero-order valence-electron chi connectivity index (χ0n) is 11.4. The van der Waals surface area contributed by atoms with Gasteiger partial charge >= 0.3 is 0 Å². The number of likely N-dealkylation sites (N-methyl/N-ethyl adjacent to an activating group) is 1. The molecule has 4 nitrogen and oxygen atoms in total. The van der Waals surface area contributed by atoms with Gasteiger partial charge in [0.2, 0.25) is 5.91 Å². The zero-order chi connectivity index (χ0) is 13.0. The van der Waals surface area contributed by atoms with Gasteiger partial charge in [-0.25, -0.2) is 0 Å². The minimum atomic E-state index is -0.207. The minimum absolute atomic E-state index is 0.0193. The van der Waals surface area contributed by atoms with E-state index in [1.807, 2.05) is 0 Å². The van der Waals surface area contributed by atoms with Crippen LogP contribution in [0.25, 0.3) is 0 Å². The fourth-order valence-electron chi connectivity index (χ4n) is 3.56. The number of amides is 1. The highest BCUT2D eigenvalue weighted by Gasteiger charge is 2.55. The number of carbonyl (C=O) groups is 2. The number of hydrogen-bond donors (Lipinski definition) is 0. The maximum atomic E-state index is 11.8. The van der Waals surface area contributed by atoms with Gasteiger partial charge in [-0.2, -0.15) is 0 Å². The lowest BCUT2D eigenvalue weighted by Crippen LogP contribution is -2.45. The van der Waals surface area contributed by atoms with E-state index in [9.17, 15) is 9.59 Å². The topological polar surface area (TPSA) is 40.6 Å². The third-order valence-electron chi connectivity index (χ3n) is 4.63. The number of ketones is 1. The zero-order valence-corrected chi connectivity index (χ0v) is 11.4. The largest absolute Gasteiger partial charge is 0.331 e. The average molecular weight is 238 g/mol. The fourth-order valence-corrected chi connectivity index (χ4v) is 3.56. The second-order valence-electron chi connectivity index (χ2n) is 6.09. The van der Waals surface area contributed by atoms with E-state index in [0.717, 1.165) is 6.42 Å². The van der Waals surface area contributed by atoms with Gasteiger partial charge in [0.1, 0.15) is 0 Å². The van der Waals surface area contributed by atoms with Gasteiger partial charge < -0.3 is 4.90 Å². The molecule has 96 valence electrons. The van der Waals surface area contributed by atoms with Gasteiger partial charge in [-0.3, -0.25) is 14.5 Å². The molecule has 0 aromatic heterocycles. The molecular weight excluding hydrogens is 216 g/mol. The number of likely N-dealkylation sites (tertiary alicyclic amines) is 2. The van der Waals surface area contributed by atoms with Crippen molar-refractivity contribution >= 4 is 11.7 Å². The van der Waals surface area contributed by atoms with Crippen LogP contribution >= 0.6 is 0 Å². The predicted molar refractivity (Wildman–Crippen MR) is 65.6 cm³/mol. The molecule has 3 atom stereocenters. The highest BCUT2D eigenvalue weighted by molar-refractivity contribution is 5.88. The Morgan fingerprint density at radius 2 is 1.82 bits per heavy atom. The lowest BCUT2D eigenvalue weighted by atomic mass is 9.89. The van der Waals surface area contributed by atoms with Crippen molar-refractivity contribution in [2.24, 2.45) is 5.92 Å². The third kappa shape index (κ3) is 1.79. The lowest BCUT2D eigenvalue weighted by molar-refractivity contribution is -0.136. The first-order chi connectivity index (χ1) is 7.75. The van der Waals surface area contributed by atoms with Crippen LogP contribution in [0.4, 0.5) is 0 Å². The maximum Gasteiger partial charge on any atom is 0.220 e. The summed E-state index contributed by atoms with van der Waals surface area (Å²) in [4.78, 5) is 27.5. The summed E-state index contributed by atoms with van der Waals surface area (Å²) < 4.78 is 0. The Hall–Kier alpha value is -0.900. The monoisotopic (exact) mass is 238 g/mol. The van der Waals surface area contributed by atoms with E-state index >= 15 is 0 Å². The molecule has 2 aliphatic heterocycles. The molecule has 0 aromatic rings. The number of nitrogens with zero attached hydrogens (tertiary/aromatic N) is 2. The van der Waals surface area contributed by atoms with Gasteiger partial charge in [-0.05, 0) is 34.2 Å². The van der Waals surface area contributed by atoms with E-state index in [0.29, 0.717) is 18.5 Å². The summed E-state index contributed by atoms with van der Waals surface area (Å²) in [5.74, 6) is 0.445. The molecule has 2 heterocycles. The van der Waals surface area contributed by atoms with Gasteiger partial charge in [-0.15, -0.1) is 0 Å². The van der Waals surface area contributed by atoms with E-state index in [2.05, 4.69) is 25.8 Å². The highest BCUT2D eigenvalue weighted by atomic mass is 16.2. The molecule has 0 spiro atoms. The Bertz CT molecular complexity index is 364. The number of hydrogen-bond acceptors (Lipinski definition) is 3. The van der Waals surface area contributed by atoms with Crippen LogP contribution in [0.3, 0.4) is 0 Å². The SMILES string of the molecule is CC(=O)[C@@H]1C2CC(C)(C)N(C)C2CN1C(C)=O. The molecular formula is C13H22N2O2. The molecule has 0 radical (unpaired) electrons. The third-order valence-corrected chi connectivity index (χ3v) is 4.63. The summed E-state index contributed by atoms with van der Waals surface area (Å²) in [6, 6.07) is 0.129. The minimum Gasteiger partial charge on any atom is -0.331 e. The van der Waals surface area contributed by atoms with Gasteiger partial charge in [0.05, 0.1) is 6.04 Å². The highest BCUT2D eigenvalue weighted by Crippen LogP contribution is 2.44. The average Bonchev–Trinajstić information content (AvgIpc) is 2.63. The van der Waals surface area contributed by atoms with Gasteiger partial charge in [0.25, 0.3) is 0 Å². The van der Waals surface area contributed by atoms with Crippen molar-refractivity contribution in [3.8, 4) is 0 Å². The molecule has 0 aliphatic carbocycles. The van der Waals surface area contributed by atoms with Crippen molar-refractivity contribution in [2.45, 2.75) is 51.7 Å². The summed E-state index contributed by atoms with van der Waals surface area (Å²) >= 11 is 0. The first-order valence-electron chi connectivity index (χ1n) is 6.26. The molecule has 0 bridgehead atoms. The Balaban J connectivity index is 2.30. The lowest BCUT2D eigenvalue weighted by Gasteiger charge is -2.33. The van der Waals surface area contributed by atoms with Crippen molar-refractivity contribution < 1.29 is 9.59 Å². The second-order valence-corrected chi connectivity index (χ2v) is 6.09. The molecule has 2 saturated heterocycles. The second kappa shape index (κ2) is 3.80. The molecule has 2 rings (SSSR count). The molecule has 2 aliphatic rings. The number of rotatable bonds is 1. The molecule has 2 fully saturated rings. The Morgan fingerprint density at radius 3 is 2.29 bits per heavy atom. The van der Waals surface area contributed by atoms with Crippen molar-refractivity contribution in [1.29, 1.82) is 0 Å². The van der Waals surface area contributed by atoms with E-state index in [1.54, 1.807) is 18.7 Å². The molecule has 2 unspecified atom stereocenters. The molecule has 17 heavy (non-hydrogen) atoms. The van der Waals surface area contributed by atoms with E-state index < -0.39 is 0 Å². The van der Waals surface area contributed by atoms with Crippen LogP contribution in [-0.4, -0.2) is 52.7 Å². The van der Waals surface area contributed by atoms with Crippen LogP contribution in [0.5, 0.6) is 0 Å². The normalized spacial score (nSPS) is 36.1. The summed E-state index contributed by atoms with van der Waals surface area (Å²) in [5.41, 5.74) is 0.131. The maximum absolute atomic E-state index is 11.8. The standard InChI is InChI=1S/C13H22N2O2/c1-8(16)12-10-6-13(3,4)14(5)11(10)7-15(12)9(2)17/h10-12H,6-7H2,1-5H3/t10?,11?,12-/m1/s1. The molecule has 0 N–H and O–H groups in total. The van der Waals surface area contributed by atoms with Crippen molar-refractivity contribution in [3.05, 3.63) is 0 Å². The first-order valence-corrected chi connectivity index (χ1v) is 6.26. The van der Waals surface area contributed by atoms with E-state index in [4.69, 9.17) is 0 Å². The molecule has 1 amide bonds. The van der Waals surface area contributed by atoms with Crippen LogP contribution < -0.4 is 0 Å². The van der Waals surface area contributed by atoms with Gasteiger partial charge in [0, 0.05) is 31.0 Å². The summed E-state index contributed by atoms with van der Waals surface area (Å²) in [5, 5.41) is 0. The molecule has 4 heteroatoms. The van der Waals surface area contributed by atoms with E-state index in [1.165, 1.54) is 0 Å². The fraction of sp³-hybridized carbons (Fsp3) is 0.846. The van der Waals surface area contributed by atoms with Crippen LogP contribution in [0, 0.1) is 5.92 Å². The number of carbonyl (C=O) groups excluding carboxylic acids is 2. The summed E-state index contributed by atoms with van der Waals surface area (Å²) in [7, 11) is 2.10. The van der Waals surface area contributed by atoms with Crippen LogP contribution in [0.1, 0.15) is 34.1 Å². The van der Waals surface area contributed by atoms with E-state index in [-0.39, 0.29) is 23.3 Å².